The molecule has 1 fully saturated rings. The fourth-order valence-corrected chi connectivity index (χ4v) is 2.01. The third kappa shape index (κ3) is 2.97. The van der Waals surface area contributed by atoms with E-state index in [4.69, 9.17) is 19.3 Å². The highest BCUT2D eigenvalue weighted by Crippen LogP contribution is 2.31. The molecule has 2 unspecified atom stereocenters. The van der Waals surface area contributed by atoms with E-state index in [1.165, 1.54) is 0 Å². The average molecular weight is 267 g/mol. The molecule has 1 saturated heterocycles. The lowest BCUT2D eigenvalue weighted by molar-refractivity contribution is -0.144. The van der Waals surface area contributed by atoms with E-state index < -0.39 is 12.0 Å². The Hall–Kier alpha value is -1.79. The van der Waals surface area contributed by atoms with Gasteiger partial charge in [0.1, 0.15) is 6.04 Å². The summed E-state index contributed by atoms with van der Waals surface area (Å²) in [6, 6.07) is 4.89. The minimum Gasteiger partial charge on any atom is -0.493 e. The van der Waals surface area contributed by atoms with Crippen LogP contribution in [0.1, 0.15) is 11.7 Å². The van der Waals surface area contributed by atoms with Crippen LogP contribution in [-0.2, 0) is 9.53 Å². The molecular weight excluding hydrogens is 250 g/mol. The number of nitrogens with one attached hydrogen (secondary N) is 1. The summed E-state index contributed by atoms with van der Waals surface area (Å²) in [6.07, 6.45) is -0.185. The molecule has 0 amide bonds. The first kappa shape index (κ1) is 13.6. The van der Waals surface area contributed by atoms with E-state index >= 15 is 0 Å². The van der Waals surface area contributed by atoms with Crippen molar-refractivity contribution in [2.75, 3.05) is 27.4 Å². The number of rotatable bonds is 4. The average Bonchev–Trinajstić information content (AvgIpc) is 2.46. The molecule has 2 rings (SSSR count). The third-order valence-corrected chi connectivity index (χ3v) is 3.09. The van der Waals surface area contributed by atoms with E-state index in [9.17, 15) is 4.79 Å². The maximum absolute atomic E-state index is 10.8. The van der Waals surface area contributed by atoms with E-state index in [1.54, 1.807) is 20.3 Å². The van der Waals surface area contributed by atoms with Gasteiger partial charge in [0.05, 0.1) is 26.9 Å². The molecule has 6 heteroatoms. The summed E-state index contributed by atoms with van der Waals surface area (Å²) < 4.78 is 16.0. The van der Waals surface area contributed by atoms with Crippen LogP contribution in [0.25, 0.3) is 0 Å². The molecule has 1 aromatic carbocycles. The fourth-order valence-electron chi connectivity index (χ4n) is 2.01. The van der Waals surface area contributed by atoms with E-state index in [0.717, 1.165) is 5.56 Å². The number of morpholine rings is 1. The molecule has 0 aromatic heterocycles. The number of aliphatic carboxylic acids is 1. The highest BCUT2D eigenvalue weighted by Gasteiger charge is 2.27. The highest BCUT2D eigenvalue weighted by atomic mass is 16.5. The summed E-state index contributed by atoms with van der Waals surface area (Å²) in [4.78, 5) is 10.8. The topological polar surface area (TPSA) is 77.0 Å². The van der Waals surface area contributed by atoms with Crippen molar-refractivity contribution in [3.05, 3.63) is 23.8 Å². The second-order valence-electron chi connectivity index (χ2n) is 4.24. The minimum atomic E-state index is -0.897. The first-order valence-corrected chi connectivity index (χ1v) is 5.95. The fraction of sp³-hybridized carbons (Fsp3) is 0.462. The largest absolute Gasteiger partial charge is 0.493 e. The SMILES string of the molecule is COc1ccc(C2CNC(C(=O)O)CO2)cc1OC. The molecule has 1 aliphatic heterocycles. The summed E-state index contributed by atoms with van der Waals surface area (Å²) in [6.45, 7) is 0.598. The molecule has 2 N–H and O–H groups in total. The number of hydrogen-bond donors (Lipinski definition) is 2. The Morgan fingerprint density at radius 3 is 2.63 bits per heavy atom. The van der Waals surface area contributed by atoms with Crippen LogP contribution >= 0.6 is 0 Å². The van der Waals surface area contributed by atoms with E-state index in [0.29, 0.717) is 18.0 Å². The zero-order valence-electron chi connectivity index (χ0n) is 10.9. The Kier molecular flexibility index (Phi) is 4.24. The number of carbonyl (C=O) groups is 1. The molecule has 1 heterocycles. The lowest BCUT2D eigenvalue weighted by Gasteiger charge is -2.28. The van der Waals surface area contributed by atoms with Crippen molar-refractivity contribution in [3.8, 4) is 11.5 Å². The van der Waals surface area contributed by atoms with Crippen LogP contribution in [0.4, 0.5) is 0 Å². The van der Waals surface area contributed by atoms with Gasteiger partial charge in [0, 0.05) is 6.54 Å². The Morgan fingerprint density at radius 1 is 1.37 bits per heavy atom. The van der Waals surface area contributed by atoms with Gasteiger partial charge in [-0.15, -0.1) is 0 Å². The maximum Gasteiger partial charge on any atom is 0.323 e. The first-order chi connectivity index (χ1) is 9.15. The van der Waals surface area contributed by atoms with Gasteiger partial charge in [0.15, 0.2) is 11.5 Å². The molecule has 1 aliphatic rings. The Bertz CT molecular complexity index is 454. The van der Waals surface area contributed by atoms with Crippen molar-refractivity contribution in [2.45, 2.75) is 12.1 Å². The van der Waals surface area contributed by atoms with Crippen molar-refractivity contribution in [3.63, 3.8) is 0 Å². The second kappa shape index (κ2) is 5.90. The normalized spacial score (nSPS) is 22.8. The molecule has 0 bridgehead atoms. The van der Waals surface area contributed by atoms with Crippen LogP contribution in [-0.4, -0.2) is 44.5 Å². The molecule has 19 heavy (non-hydrogen) atoms. The van der Waals surface area contributed by atoms with E-state index in [-0.39, 0.29) is 12.7 Å². The van der Waals surface area contributed by atoms with Gasteiger partial charge in [0.2, 0.25) is 0 Å². The molecule has 0 aliphatic carbocycles. The van der Waals surface area contributed by atoms with E-state index in [2.05, 4.69) is 5.32 Å². The van der Waals surface area contributed by atoms with Crippen LogP contribution in [0.5, 0.6) is 11.5 Å². The standard InChI is InChI=1S/C13H17NO5/c1-17-10-4-3-8(5-11(10)18-2)12-6-14-9(7-19-12)13(15)16/h3-5,9,12,14H,6-7H2,1-2H3,(H,15,16). The van der Waals surface area contributed by atoms with Gasteiger partial charge in [-0.2, -0.15) is 0 Å². The smallest absolute Gasteiger partial charge is 0.323 e. The Morgan fingerprint density at radius 2 is 2.11 bits per heavy atom. The zero-order valence-corrected chi connectivity index (χ0v) is 10.9. The molecule has 104 valence electrons. The summed E-state index contributed by atoms with van der Waals surface area (Å²) in [7, 11) is 3.15. The lowest BCUT2D eigenvalue weighted by Crippen LogP contribution is -2.47. The van der Waals surface area contributed by atoms with Crippen molar-refractivity contribution in [2.24, 2.45) is 0 Å². The van der Waals surface area contributed by atoms with Crippen molar-refractivity contribution in [1.29, 1.82) is 0 Å². The number of carboxylic acid groups (broad SMARTS) is 1. The second-order valence-corrected chi connectivity index (χ2v) is 4.24. The number of hydrogen-bond acceptors (Lipinski definition) is 5. The van der Waals surface area contributed by atoms with Crippen molar-refractivity contribution < 1.29 is 24.1 Å². The van der Waals surface area contributed by atoms with Crippen LogP contribution in [0.15, 0.2) is 18.2 Å². The molecule has 0 radical (unpaired) electrons. The van der Waals surface area contributed by atoms with Gasteiger partial charge in [-0.05, 0) is 17.7 Å². The van der Waals surface area contributed by atoms with Crippen molar-refractivity contribution >= 4 is 5.97 Å². The quantitative estimate of drug-likeness (QED) is 0.841. The molecule has 0 spiro atoms. The monoisotopic (exact) mass is 267 g/mol. The number of benzene rings is 1. The Labute approximate surface area is 111 Å². The summed E-state index contributed by atoms with van der Waals surface area (Å²) in [5.41, 5.74) is 0.925. The van der Waals surface area contributed by atoms with Crippen molar-refractivity contribution in [1.82, 2.24) is 5.32 Å². The van der Waals surface area contributed by atoms with Gasteiger partial charge < -0.3 is 19.3 Å². The maximum atomic E-state index is 10.8. The van der Waals surface area contributed by atoms with Crippen LogP contribution in [0, 0.1) is 0 Å². The number of methoxy groups -OCH3 is 2. The predicted octanol–water partition coefficient (Wildman–Crippen LogP) is 0.818. The predicted molar refractivity (Wildman–Crippen MR) is 67.7 cm³/mol. The lowest BCUT2D eigenvalue weighted by atomic mass is 10.1. The summed E-state index contributed by atoms with van der Waals surface area (Å²) in [5, 5.41) is 11.8. The van der Waals surface area contributed by atoms with Crippen LogP contribution < -0.4 is 14.8 Å². The van der Waals surface area contributed by atoms with Gasteiger partial charge in [-0.3, -0.25) is 10.1 Å². The van der Waals surface area contributed by atoms with Gasteiger partial charge >= 0.3 is 5.97 Å². The number of carboxylic acids is 1. The van der Waals surface area contributed by atoms with Gasteiger partial charge in [-0.25, -0.2) is 0 Å². The van der Waals surface area contributed by atoms with Crippen LogP contribution in [0.2, 0.25) is 0 Å². The highest BCUT2D eigenvalue weighted by molar-refractivity contribution is 5.73. The van der Waals surface area contributed by atoms with Gasteiger partial charge in [0.25, 0.3) is 0 Å². The Balaban J connectivity index is 2.09. The zero-order chi connectivity index (χ0) is 13.8. The van der Waals surface area contributed by atoms with Gasteiger partial charge in [-0.1, -0.05) is 6.07 Å². The molecule has 1 aromatic rings. The third-order valence-electron chi connectivity index (χ3n) is 3.09. The first-order valence-electron chi connectivity index (χ1n) is 5.95. The molecular formula is C13H17NO5. The molecule has 0 saturated carbocycles. The minimum absolute atomic E-state index is 0.147. The summed E-state index contributed by atoms with van der Waals surface area (Å²) >= 11 is 0. The number of ether oxygens (including phenoxy) is 3. The molecule has 6 nitrogen and oxygen atoms in total. The van der Waals surface area contributed by atoms with E-state index in [1.807, 2.05) is 12.1 Å². The van der Waals surface area contributed by atoms with Crippen LogP contribution in [0.3, 0.4) is 0 Å². The summed E-state index contributed by atoms with van der Waals surface area (Å²) in [5.74, 6) is 0.383. The molecule has 2 atom stereocenters.